The number of hydrogen-bond acceptors (Lipinski definition) is 2. The van der Waals surface area contributed by atoms with Crippen LogP contribution in [0.2, 0.25) is 0 Å². The number of ether oxygens (including phenoxy) is 1. The Bertz CT molecular complexity index is 427. The smallest absolute Gasteiger partial charge is 0.309 e. The maximum atomic E-state index is 12.5. The Morgan fingerprint density at radius 3 is 1.92 bits per heavy atom. The summed E-state index contributed by atoms with van der Waals surface area (Å²) in [6.07, 6.45) is 14.5. The van der Waals surface area contributed by atoms with E-state index in [0.717, 1.165) is 31.2 Å². The Hall–Kier alpha value is -1.31. The third-order valence-electron chi connectivity index (χ3n) is 4.87. The van der Waals surface area contributed by atoms with E-state index >= 15 is 0 Å². The first-order valence-electron chi connectivity index (χ1n) is 10.5. The summed E-state index contributed by atoms with van der Waals surface area (Å²) in [7, 11) is 0. The van der Waals surface area contributed by atoms with Crippen molar-refractivity contribution in [2.45, 2.75) is 97.5 Å². The molecule has 0 aliphatic carbocycles. The van der Waals surface area contributed by atoms with Gasteiger partial charge in [0.1, 0.15) is 6.61 Å². The lowest BCUT2D eigenvalue weighted by Gasteiger charge is -2.16. The van der Waals surface area contributed by atoms with E-state index in [4.69, 9.17) is 4.74 Å². The summed E-state index contributed by atoms with van der Waals surface area (Å²) in [6, 6.07) is 9.98. The average Bonchev–Trinajstić information content (AvgIpc) is 2.65. The van der Waals surface area contributed by atoms with Gasteiger partial charge in [0.2, 0.25) is 0 Å². The van der Waals surface area contributed by atoms with E-state index in [1.54, 1.807) is 0 Å². The lowest BCUT2D eigenvalue weighted by Crippen LogP contribution is -2.18. The van der Waals surface area contributed by atoms with Gasteiger partial charge in [-0.05, 0) is 18.4 Å². The summed E-state index contributed by atoms with van der Waals surface area (Å²) in [5.41, 5.74) is 1.07. The molecule has 2 nitrogen and oxygen atoms in total. The average molecular weight is 347 g/mol. The molecule has 0 bridgehead atoms. The molecule has 0 aliphatic heterocycles. The number of benzene rings is 1. The molecule has 0 N–H and O–H groups in total. The van der Waals surface area contributed by atoms with Gasteiger partial charge in [-0.2, -0.15) is 0 Å². The van der Waals surface area contributed by atoms with E-state index in [1.165, 1.54) is 51.4 Å². The predicted octanol–water partition coefficient (Wildman–Crippen LogP) is 7.07. The molecule has 0 aromatic heterocycles. The second-order valence-corrected chi connectivity index (χ2v) is 7.20. The monoisotopic (exact) mass is 346 g/mol. The number of unbranched alkanes of at least 4 members (excludes halogenated alkanes) is 8. The van der Waals surface area contributed by atoms with Crippen LogP contribution in [-0.2, 0) is 16.1 Å². The van der Waals surface area contributed by atoms with Crippen LogP contribution in [-0.4, -0.2) is 5.97 Å². The summed E-state index contributed by atoms with van der Waals surface area (Å²) in [5, 5.41) is 0. The van der Waals surface area contributed by atoms with Gasteiger partial charge in [0.15, 0.2) is 0 Å². The van der Waals surface area contributed by atoms with Gasteiger partial charge >= 0.3 is 5.97 Å². The molecule has 25 heavy (non-hydrogen) atoms. The number of rotatable bonds is 15. The van der Waals surface area contributed by atoms with Crippen molar-refractivity contribution in [3.05, 3.63) is 35.9 Å². The van der Waals surface area contributed by atoms with Crippen molar-refractivity contribution < 1.29 is 9.53 Å². The lowest BCUT2D eigenvalue weighted by atomic mass is 9.94. The van der Waals surface area contributed by atoms with Gasteiger partial charge in [-0.3, -0.25) is 4.79 Å². The number of carbonyl (C=O) groups is 1. The first-order valence-corrected chi connectivity index (χ1v) is 10.5. The maximum absolute atomic E-state index is 12.5. The highest BCUT2D eigenvalue weighted by Gasteiger charge is 2.19. The molecule has 0 radical (unpaired) electrons. The number of hydrogen-bond donors (Lipinski definition) is 0. The molecule has 2 heteroatoms. The van der Waals surface area contributed by atoms with Gasteiger partial charge in [-0.25, -0.2) is 0 Å². The summed E-state index contributed by atoms with van der Waals surface area (Å²) >= 11 is 0. The van der Waals surface area contributed by atoms with Crippen LogP contribution in [0.15, 0.2) is 30.3 Å². The molecule has 0 saturated heterocycles. The fourth-order valence-electron chi connectivity index (χ4n) is 3.22. The van der Waals surface area contributed by atoms with Crippen LogP contribution in [0.5, 0.6) is 0 Å². The lowest BCUT2D eigenvalue weighted by molar-refractivity contribution is -0.150. The van der Waals surface area contributed by atoms with Gasteiger partial charge in [-0.1, -0.05) is 108 Å². The second kappa shape index (κ2) is 15.0. The Morgan fingerprint density at radius 1 is 0.800 bits per heavy atom. The summed E-state index contributed by atoms with van der Waals surface area (Å²) in [4.78, 5) is 12.5. The van der Waals surface area contributed by atoms with Crippen LogP contribution in [0.1, 0.15) is 96.5 Å². The number of carbonyl (C=O) groups excluding carboxylic acids is 1. The zero-order valence-electron chi connectivity index (χ0n) is 16.5. The normalized spacial score (nSPS) is 12.1. The highest BCUT2D eigenvalue weighted by Crippen LogP contribution is 2.21. The zero-order chi connectivity index (χ0) is 18.2. The predicted molar refractivity (Wildman–Crippen MR) is 106 cm³/mol. The van der Waals surface area contributed by atoms with E-state index in [1.807, 2.05) is 30.3 Å². The van der Waals surface area contributed by atoms with Crippen LogP contribution in [0.3, 0.4) is 0 Å². The molecular weight excluding hydrogens is 308 g/mol. The number of esters is 1. The highest BCUT2D eigenvalue weighted by atomic mass is 16.5. The molecule has 1 unspecified atom stereocenters. The molecule has 142 valence electrons. The third-order valence-corrected chi connectivity index (χ3v) is 4.87. The molecule has 1 atom stereocenters. The largest absolute Gasteiger partial charge is 0.461 e. The van der Waals surface area contributed by atoms with Crippen molar-refractivity contribution in [1.82, 2.24) is 0 Å². The van der Waals surface area contributed by atoms with Crippen LogP contribution in [0, 0.1) is 5.92 Å². The standard InChI is InChI=1S/C23H38O2/c1-3-5-7-9-10-15-19-22(18-14-8-6-4-2)23(24)25-20-21-16-12-11-13-17-21/h11-13,16-17,22H,3-10,14-15,18-20H2,1-2H3. The van der Waals surface area contributed by atoms with Crippen molar-refractivity contribution in [1.29, 1.82) is 0 Å². The first kappa shape index (κ1) is 21.7. The van der Waals surface area contributed by atoms with E-state index in [-0.39, 0.29) is 11.9 Å². The van der Waals surface area contributed by atoms with E-state index in [0.29, 0.717) is 6.61 Å². The van der Waals surface area contributed by atoms with Crippen molar-refractivity contribution in [2.24, 2.45) is 5.92 Å². The SMILES string of the molecule is CCCCCCCCC(CCCCCC)C(=O)OCc1ccccc1. The van der Waals surface area contributed by atoms with Gasteiger partial charge in [0.25, 0.3) is 0 Å². The van der Waals surface area contributed by atoms with Crippen LogP contribution >= 0.6 is 0 Å². The molecule has 1 aromatic rings. The van der Waals surface area contributed by atoms with Crippen molar-refractivity contribution in [2.75, 3.05) is 0 Å². The highest BCUT2D eigenvalue weighted by molar-refractivity contribution is 5.72. The minimum atomic E-state index is 0.00825. The third kappa shape index (κ3) is 11.0. The molecule has 0 fully saturated rings. The minimum absolute atomic E-state index is 0.00825. The van der Waals surface area contributed by atoms with Crippen LogP contribution in [0.25, 0.3) is 0 Å². The molecule has 0 aliphatic rings. The Balaban J connectivity index is 2.35. The summed E-state index contributed by atoms with van der Waals surface area (Å²) < 4.78 is 5.60. The Kier molecular flexibility index (Phi) is 13.0. The molecular formula is C23H38O2. The zero-order valence-corrected chi connectivity index (χ0v) is 16.5. The second-order valence-electron chi connectivity index (χ2n) is 7.20. The van der Waals surface area contributed by atoms with Gasteiger partial charge < -0.3 is 4.74 Å². The molecule has 1 rings (SSSR count). The molecule has 0 amide bonds. The minimum Gasteiger partial charge on any atom is -0.461 e. The van der Waals surface area contributed by atoms with Gasteiger partial charge in [0.05, 0.1) is 5.92 Å². The van der Waals surface area contributed by atoms with Crippen LogP contribution in [0.4, 0.5) is 0 Å². The van der Waals surface area contributed by atoms with Crippen LogP contribution < -0.4 is 0 Å². The van der Waals surface area contributed by atoms with Gasteiger partial charge in [-0.15, -0.1) is 0 Å². The first-order chi connectivity index (χ1) is 12.3. The topological polar surface area (TPSA) is 26.3 Å². The molecule has 0 spiro atoms. The fraction of sp³-hybridized carbons (Fsp3) is 0.696. The van der Waals surface area contributed by atoms with E-state index in [2.05, 4.69) is 13.8 Å². The maximum Gasteiger partial charge on any atom is 0.309 e. The summed E-state index contributed by atoms with van der Waals surface area (Å²) in [5.74, 6) is 0.0978. The summed E-state index contributed by atoms with van der Waals surface area (Å²) in [6.45, 7) is 4.87. The van der Waals surface area contributed by atoms with Gasteiger partial charge in [0, 0.05) is 0 Å². The molecule has 0 saturated carbocycles. The molecule has 0 heterocycles. The Labute approximate surface area is 155 Å². The Morgan fingerprint density at radius 2 is 1.32 bits per heavy atom. The van der Waals surface area contributed by atoms with Crippen molar-refractivity contribution in [3.8, 4) is 0 Å². The quantitative estimate of drug-likeness (QED) is 0.251. The molecule has 1 aromatic carbocycles. The van der Waals surface area contributed by atoms with E-state index < -0.39 is 0 Å². The van der Waals surface area contributed by atoms with E-state index in [9.17, 15) is 4.79 Å². The van der Waals surface area contributed by atoms with Crippen molar-refractivity contribution in [3.63, 3.8) is 0 Å². The fourth-order valence-corrected chi connectivity index (χ4v) is 3.22. The van der Waals surface area contributed by atoms with Crippen molar-refractivity contribution >= 4 is 5.97 Å².